The van der Waals surface area contributed by atoms with Gasteiger partial charge in [-0.2, -0.15) is 0 Å². The molecule has 1 aliphatic heterocycles. The van der Waals surface area contributed by atoms with Gasteiger partial charge in [-0.05, 0) is 46.7 Å². The predicted molar refractivity (Wildman–Crippen MR) is 108 cm³/mol. The predicted octanol–water partition coefficient (Wildman–Crippen LogP) is 1.42. The fraction of sp³-hybridized carbons (Fsp3) is 0.875. The van der Waals surface area contributed by atoms with Gasteiger partial charge < -0.3 is 20.9 Å². The summed E-state index contributed by atoms with van der Waals surface area (Å²) >= 11 is 0. The Morgan fingerprint density at radius 3 is 2.39 bits per heavy atom. The Hall–Kier alpha value is -0.570. The summed E-state index contributed by atoms with van der Waals surface area (Å²) in [4.78, 5) is 18.8. The molecule has 0 bridgehead atoms. The minimum absolute atomic E-state index is 0. The molecular weight excluding hydrogens is 405 g/mol. The van der Waals surface area contributed by atoms with Crippen LogP contribution >= 0.6 is 24.0 Å². The molecule has 0 atom stereocenters. The van der Waals surface area contributed by atoms with E-state index in [0.29, 0.717) is 6.54 Å². The Morgan fingerprint density at radius 1 is 1.17 bits per heavy atom. The Balaban J connectivity index is 0.00000484. The van der Waals surface area contributed by atoms with Crippen molar-refractivity contribution < 1.29 is 4.79 Å². The third kappa shape index (κ3) is 8.74. The molecule has 0 unspecified atom stereocenters. The SMILES string of the molecule is CCNC(=NCC(C)(C)C(=O)NC)NCCN1CCCCC1.I. The van der Waals surface area contributed by atoms with Gasteiger partial charge in [-0.3, -0.25) is 9.79 Å². The fourth-order valence-electron chi connectivity index (χ4n) is 2.54. The van der Waals surface area contributed by atoms with E-state index >= 15 is 0 Å². The van der Waals surface area contributed by atoms with Crippen LogP contribution in [-0.2, 0) is 4.79 Å². The molecule has 1 rings (SSSR count). The van der Waals surface area contributed by atoms with Crippen molar-refractivity contribution in [2.24, 2.45) is 10.4 Å². The van der Waals surface area contributed by atoms with E-state index in [-0.39, 0.29) is 29.9 Å². The quantitative estimate of drug-likeness (QED) is 0.319. The molecule has 1 fully saturated rings. The molecule has 0 aliphatic carbocycles. The highest BCUT2D eigenvalue weighted by Crippen LogP contribution is 2.15. The first-order chi connectivity index (χ1) is 10.5. The largest absolute Gasteiger partial charge is 0.359 e. The summed E-state index contributed by atoms with van der Waals surface area (Å²) in [7, 11) is 1.66. The van der Waals surface area contributed by atoms with Crippen LogP contribution in [0.5, 0.6) is 0 Å². The van der Waals surface area contributed by atoms with Gasteiger partial charge in [0.2, 0.25) is 5.91 Å². The monoisotopic (exact) mass is 439 g/mol. The van der Waals surface area contributed by atoms with Gasteiger partial charge in [-0.15, -0.1) is 24.0 Å². The Morgan fingerprint density at radius 2 is 1.83 bits per heavy atom. The first-order valence-corrected chi connectivity index (χ1v) is 8.46. The number of piperidine rings is 1. The van der Waals surface area contributed by atoms with Crippen molar-refractivity contribution in [3.63, 3.8) is 0 Å². The zero-order valence-electron chi connectivity index (χ0n) is 15.1. The third-order valence-corrected chi connectivity index (χ3v) is 3.99. The van der Waals surface area contributed by atoms with E-state index in [4.69, 9.17) is 0 Å². The summed E-state index contributed by atoms with van der Waals surface area (Å²) in [6.07, 6.45) is 3.99. The number of rotatable bonds is 7. The van der Waals surface area contributed by atoms with Crippen molar-refractivity contribution >= 4 is 35.8 Å². The van der Waals surface area contributed by atoms with Crippen LogP contribution in [0.1, 0.15) is 40.0 Å². The van der Waals surface area contributed by atoms with E-state index in [1.165, 1.54) is 32.4 Å². The van der Waals surface area contributed by atoms with Crippen LogP contribution in [0.25, 0.3) is 0 Å². The van der Waals surface area contributed by atoms with E-state index in [1.54, 1.807) is 7.05 Å². The number of aliphatic imine (C=N–C) groups is 1. The van der Waals surface area contributed by atoms with Gasteiger partial charge in [-0.1, -0.05) is 6.42 Å². The van der Waals surface area contributed by atoms with Crippen molar-refractivity contribution in [2.45, 2.75) is 40.0 Å². The zero-order chi connectivity index (χ0) is 16.4. The number of guanidine groups is 1. The van der Waals surface area contributed by atoms with Gasteiger partial charge in [0, 0.05) is 26.7 Å². The number of nitrogens with zero attached hydrogens (tertiary/aromatic N) is 2. The van der Waals surface area contributed by atoms with Crippen LogP contribution < -0.4 is 16.0 Å². The summed E-state index contributed by atoms with van der Waals surface area (Å²) < 4.78 is 0. The van der Waals surface area contributed by atoms with Crippen molar-refractivity contribution in [2.75, 3.05) is 46.3 Å². The number of likely N-dealkylation sites (tertiary alicyclic amines) is 1. The number of hydrogen-bond donors (Lipinski definition) is 3. The summed E-state index contributed by atoms with van der Waals surface area (Å²) in [5.41, 5.74) is -0.496. The van der Waals surface area contributed by atoms with E-state index in [2.05, 4.69) is 25.8 Å². The highest BCUT2D eigenvalue weighted by molar-refractivity contribution is 14.0. The van der Waals surface area contributed by atoms with Gasteiger partial charge in [0.15, 0.2) is 5.96 Å². The van der Waals surface area contributed by atoms with Gasteiger partial charge in [0.25, 0.3) is 0 Å². The molecule has 23 heavy (non-hydrogen) atoms. The van der Waals surface area contributed by atoms with Crippen LogP contribution in [-0.4, -0.2) is 63.1 Å². The van der Waals surface area contributed by atoms with E-state index in [1.807, 2.05) is 20.8 Å². The van der Waals surface area contributed by atoms with Crippen molar-refractivity contribution in [3.05, 3.63) is 0 Å². The summed E-state index contributed by atoms with van der Waals surface area (Å²) in [5.74, 6) is 0.803. The normalized spacial score (nSPS) is 16.4. The van der Waals surface area contributed by atoms with Crippen LogP contribution in [0.15, 0.2) is 4.99 Å². The standard InChI is InChI=1S/C16H33N5O.HI/c1-5-18-15(20-13-16(2,3)14(22)17-4)19-9-12-21-10-7-6-8-11-21;/h5-13H2,1-4H3,(H,17,22)(H2,18,19,20);1H. The van der Waals surface area contributed by atoms with Gasteiger partial charge in [0.1, 0.15) is 0 Å². The summed E-state index contributed by atoms with van der Waals surface area (Å²) in [5, 5.41) is 9.29. The first kappa shape index (κ1) is 22.4. The van der Waals surface area contributed by atoms with Crippen LogP contribution in [0.4, 0.5) is 0 Å². The maximum Gasteiger partial charge on any atom is 0.227 e. The minimum atomic E-state index is -0.496. The van der Waals surface area contributed by atoms with Gasteiger partial charge in [-0.25, -0.2) is 0 Å². The topological polar surface area (TPSA) is 68.8 Å². The number of amides is 1. The molecule has 0 aromatic heterocycles. The lowest BCUT2D eigenvalue weighted by atomic mass is 9.93. The third-order valence-electron chi connectivity index (χ3n) is 3.99. The van der Waals surface area contributed by atoms with Crippen LogP contribution in [0.3, 0.4) is 0 Å². The number of halogens is 1. The molecule has 0 aromatic carbocycles. The number of carbonyl (C=O) groups excluding carboxylic acids is 1. The summed E-state index contributed by atoms with van der Waals surface area (Å²) in [6, 6.07) is 0. The van der Waals surface area contributed by atoms with Crippen molar-refractivity contribution in [1.29, 1.82) is 0 Å². The number of carbonyl (C=O) groups is 1. The molecule has 1 aliphatic rings. The molecule has 0 spiro atoms. The highest BCUT2D eigenvalue weighted by atomic mass is 127. The minimum Gasteiger partial charge on any atom is -0.359 e. The molecule has 1 heterocycles. The number of hydrogen-bond acceptors (Lipinski definition) is 3. The molecule has 0 radical (unpaired) electrons. The van der Waals surface area contributed by atoms with E-state index in [9.17, 15) is 4.79 Å². The molecule has 0 aromatic rings. The lowest BCUT2D eigenvalue weighted by Crippen LogP contribution is -2.44. The molecule has 1 saturated heterocycles. The Labute approximate surface area is 158 Å². The molecule has 136 valence electrons. The van der Waals surface area contributed by atoms with Crippen LogP contribution in [0, 0.1) is 5.41 Å². The molecule has 3 N–H and O–H groups in total. The fourth-order valence-corrected chi connectivity index (χ4v) is 2.54. The Bertz CT molecular complexity index is 367. The molecular formula is C16H34IN5O. The average molecular weight is 439 g/mol. The summed E-state index contributed by atoms with van der Waals surface area (Å²) in [6.45, 7) is 11.5. The Kier molecular flexibility index (Phi) is 11.6. The second-order valence-electron chi connectivity index (χ2n) is 6.49. The number of nitrogens with one attached hydrogen (secondary N) is 3. The van der Waals surface area contributed by atoms with Crippen molar-refractivity contribution in [3.8, 4) is 0 Å². The lowest BCUT2D eigenvalue weighted by Gasteiger charge is -2.26. The molecule has 1 amide bonds. The van der Waals surface area contributed by atoms with E-state index < -0.39 is 5.41 Å². The molecule has 7 heteroatoms. The molecule has 0 saturated carbocycles. The smallest absolute Gasteiger partial charge is 0.227 e. The van der Waals surface area contributed by atoms with Crippen LogP contribution in [0.2, 0.25) is 0 Å². The maximum atomic E-state index is 11.8. The lowest BCUT2D eigenvalue weighted by molar-refractivity contribution is -0.128. The van der Waals surface area contributed by atoms with E-state index in [0.717, 1.165) is 25.6 Å². The highest BCUT2D eigenvalue weighted by Gasteiger charge is 2.26. The molecule has 6 nitrogen and oxygen atoms in total. The van der Waals surface area contributed by atoms with Crippen molar-refractivity contribution in [1.82, 2.24) is 20.9 Å². The maximum absolute atomic E-state index is 11.8. The second-order valence-corrected chi connectivity index (χ2v) is 6.49. The second kappa shape index (κ2) is 11.9. The van der Waals surface area contributed by atoms with Gasteiger partial charge in [0.05, 0.1) is 12.0 Å². The van der Waals surface area contributed by atoms with Gasteiger partial charge >= 0.3 is 0 Å². The first-order valence-electron chi connectivity index (χ1n) is 8.46. The average Bonchev–Trinajstić information content (AvgIpc) is 2.52. The zero-order valence-corrected chi connectivity index (χ0v) is 17.4.